The average Bonchev–Trinajstić information content (AvgIpc) is 3.05. The van der Waals surface area contributed by atoms with Crippen LogP contribution in [0.2, 0.25) is 0 Å². The van der Waals surface area contributed by atoms with E-state index in [0.717, 1.165) is 30.8 Å². The van der Waals surface area contributed by atoms with Crippen LogP contribution in [0.1, 0.15) is 12.0 Å². The smallest absolute Gasteiger partial charge is 0.222 e. The maximum absolute atomic E-state index is 11.9. The van der Waals surface area contributed by atoms with Crippen LogP contribution in [-0.2, 0) is 16.0 Å². The lowest BCUT2D eigenvalue weighted by atomic mass is 10.2. The van der Waals surface area contributed by atoms with E-state index in [1.807, 2.05) is 47.4 Å². The van der Waals surface area contributed by atoms with E-state index < -0.39 is 0 Å². The van der Waals surface area contributed by atoms with Crippen LogP contribution in [0.4, 0.5) is 0 Å². The maximum Gasteiger partial charge on any atom is 0.222 e. The number of aromatic nitrogens is 2. The second kappa shape index (κ2) is 7.89. The van der Waals surface area contributed by atoms with Gasteiger partial charge in [-0.2, -0.15) is 5.10 Å². The SMILES string of the molecule is O=C(C[C@H]1CNCCO1)NCCc1cnn(-c2ccccc2)c1. The van der Waals surface area contributed by atoms with Crippen molar-refractivity contribution >= 4 is 5.91 Å². The molecule has 2 heterocycles. The summed E-state index contributed by atoms with van der Waals surface area (Å²) in [6.07, 6.45) is 5.01. The zero-order valence-electron chi connectivity index (χ0n) is 13.1. The van der Waals surface area contributed by atoms with E-state index in [9.17, 15) is 4.79 Å². The summed E-state index contributed by atoms with van der Waals surface area (Å²) in [5.74, 6) is 0.0363. The number of morpholine rings is 1. The van der Waals surface area contributed by atoms with Gasteiger partial charge in [0.05, 0.1) is 31.0 Å². The number of para-hydroxylation sites is 1. The number of carbonyl (C=O) groups excluding carboxylic acids is 1. The average molecular weight is 314 g/mol. The van der Waals surface area contributed by atoms with Crippen LogP contribution in [0.25, 0.3) is 5.69 Å². The van der Waals surface area contributed by atoms with Gasteiger partial charge >= 0.3 is 0 Å². The Morgan fingerprint density at radius 3 is 3.04 bits per heavy atom. The van der Waals surface area contributed by atoms with Gasteiger partial charge in [-0.15, -0.1) is 0 Å². The van der Waals surface area contributed by atoms with E-state index in [1.54, 1.807) is 0 Å². The van der Waals surface area contributed by atoms with E-state index in [0.29, 0.717) is 19.6 Å². The molecule has 6 nitrogen and oxygen atoms in total. The number of hydrogen-bond acceptors (Lipinski definition) is 4. The van der Waals surface area contributed by atoms with Gasteiger partial charge in [-0.3, -0.25) is 4.79 Å². The molecule has 0 unspecified atom stereocenters. The van der Waals surface area contributed by atoms with Gasteiger partial charge in [-0.1, -0.05) is 18.2 Å². The summed E-state index contributed by atoms with van der Waals surface area (Å²) in [6, 6.07) is 9.97. The van der Waals surface area contributed by atoms with E-state index >= 15 is 0 Å². The van der Waals surface area contributed by atoms with Crippen molar-refractivity contribution in [1.82, 2.24) is 20.4 Å². The lowest BCUT2D eigenvalue weighted by Gasteiger charge is -2.22. The van der Waals surface area contributed by atoms with Gasteiger partial charge in [0.1, 0.15) is 0 Å². The molecular formula is C17H22N4O2. The molecule has 1 aromatic heterocycles. The molecule has 1 saturated heterocycles. The lowest BCUT2D eigenvalue weighted by Crippen LogP contribution is -2.41. The number of hydrogen-bond donors (Lipinski definition) is 2. The second-order valence-electron chi connectivity index (χ2n) is 5.63. The predicted molar refractivity (Wildman–Crippen MR) is 87.5 cm³/mol. The Morgan fingerprint density at radius 2 is 2.26 bits per heavy atom. The first-order valence-electron chi connectivity index (χ1n) is 7.99. The first-order chi connectivity index (χ1) is 11.3. The van der Waals surface area contributed by atoms with E-state index in [2.05, 4.69) is 15.7 Å². The van der Waals surface area contributed by atoms with E-state index in [1.165, 1.54) is 0 Å². The van der Waals surface area contributed by atoms with Crippen molar-refractivity contribution in [2.24, 2.45) is 0 Å². The number of nitrogens with zero attached hydrogens (tertiary/aromatic N) is 2. The molecule has 2 N–H and O–H groups in total. The summed E-state index contributed by atoms with van der Waals surface area (Å²) in [6.45, 7) is 2.90. The molecule has 1 aliphatic rings. The second-order valence-corrected chi connectivity index (χ2v) is 5.63. The summed E-state index contributed by atoms with van der Waals surface area (Å²) in [5.41, 5.74) is 2.13. The summed E-state index contributed by atoms with van der Waals surface area (Å²) in [4.78, 5) is 11.9. The first kappa shape index (κ1) is 15.7. The lowest BCUT2D eigenvalue weighted by molar-refractivity contribution is -0.124. The molecular weight excluding hydrogens is 292 g/mol. The highest BCUT2D eigenvalue weighted by Crippen LogP contribution is 2.08. The number of carbonyl (C=O) groups is 1. The zero-order chi connectivity index (χ0) is 15.9. The molecule has 1 atom stereocenters. The van der Waals surface area contributed by atoms with Gasteiger partial charge in [0, 0.05) is 25.8 Å². The normalized spacial score (nSPS) is 17.8. The third-order valence-corrected chi connectivity index (χ3v) is 3.81. The molecule has 1 amide bonds. The first-order valence-corrected chi connectivity index (χ1v) is 7.99. The van der Waals surface area contributed by atoms with Crippen molar-refractivity contribution in [3.8, 4) is 5.69 Å². The van der Waals surface area contributed by atoms with Gasteiger partial charge in [0.2, 0.25) is 5.91 Å². The quantitative estimate of drug-likeness (QED) is 0.832. The Balaban J connectivity index is 1.42. The summed E-state index contributed by atoms with van der Waals surface area (Å²) in [7, 11) is 0. The Morgan fingerprint density at radius 1 is 1.39 bits per heavy atom. The van der Waals surface area contributed by atoms with Gasteiger partial charge in [0.25, 0.3) is 0 Å². The summed E-state index contributed by atoms with van der Waals surface area (Å²) >= 11 is 0. The predicted octanol–water partition coefficient (Wildman–Crippen LogP) is 0.910. The fourth-order valence-corrected chi connectivity index (χ4v) is 2.59. The Hall–Kier alpha value is -2.18. The fraction of sp³-hybridized carbons (Fsp3) is 0.412. The molecule has 2 aromatic rings. The van der Waals surface area contributed by atoms with Crippen LogP contribution >= 0.6 is 0 Å². The monoisotopic (exact) mass is 314 g/mol. The van der Waals surface area contributed by atoms with Gasteiger partial charge in [-0.25, -0.2) is 4.68 Å². The standard InChI is InChI=1S/C17H22N4O2/c22-17(10-16-12-18-8-9-23-16)19-7-6-14-11-20-21(13-14)15-4-2-1-3-5-15/h1-5,11,13,16,18H,6-10,12H2,(H,19,22)/t16-/m0/s1. The van der Waals surface area contributed by atoms with Crippen molar-refractivity contribution in [2.75, 3.05) is 26.2 Å². The highest BCUT2D eigenvalue weighted by Gasteiger charge is 2.16. The number of ether oxygens (including phenoxy) is 1. The van der Waals surface area contributed by atoms with E-state index in [-0.39, 0.29) is 12.0 Å². The van der Waals surface area contributed by atoms with Crippen molar-refractivity contribution in [2.45, 2.75) is 18.9 Å². The molecule has 3 rings (SSSR count). The molecule has 122 valence electrons. The number of nitrogens with one attached hydrogen (secondary N) is 2. The number of benzene rings is 1. The summed E-state index contributed by atoms with van der Waals surface area (Å²) < 4.78 is 7.37. The van der Waals surface area contributed by atoms with Crippen molar-refractivity contribution in [3.63, 3.8) is 0 Å². The van der Waals surface area contributed by atoms with Crippen LogP contribution in [-0.4, -0.2) is 48.0 Å². The molecule has 0 spiro atoms. The Labute approximate surface area is 135 Å². The fourth-order valence-electron chi connectivity index (χ4n) is 2.59. The van der Waals surface area contributed by atoms with E-state index in [4.69, 9.17) is 4.74 Å². The zero-order valence-corrected chi connectivity index (χ0v) is 13.1. The van der Waals surface area contributed by atoms with Crippen LogP contribution in [0.15, 0.2) is 42.7 Å². The Kier molecular flexibility index (Phi) is 5.39. The van der Waals surface area contributed by atoms with Crippen molar-refractivity contribution in [3.05, 3.63) is 48.3 Å². The minimum Gasteiger partial charge on any atom is -0.375 e. The topological polar surface area (TPSA) is 68.2 Å². The van der Waals surface area contributed by atoms with Gasteiger partial charge in [-0.05, 0) is 24.1 Å². The van der Waals surface area contributed by atoms with Gasteiger partial charge in [0.15, 0.2) is 0 Å². The summed E-state index contributed by atoms with van der Waals surface area (Å²) in [5, 5.41) is 10.5. The van der Waals surface area contributed by atoms with Crippen LogP contribution < -0.4 is 10.6 Å². The van der Waals surface area contributed by atoms with Gasteiger partial charge < -0.3 is 15.4 Å². The number of amides is 1. The molecule has 1 fully saturated rings. The minimum absolute atomic E-state index is 0.00965. The molecule has 0 aliphatic carbocycles. The Bertz CT molecular complexity index is 621. The minimum atomic E-state index is -0.00965. The molecule has 0 bridgehead atoms. The molecule has 0 saturated carbocycles. The largest absolute Gasteiger partial charge is 0.375 e. The maximum atomic E-state index is 11.9. The number of rotatable bonds is 6. The molecule has 23 heavy (non-hydrogen) atoms. The van der Waals surface area contributed by atoms with Crippen molar-refractivity contribution in [1.29, 1.82) is 0 Å². The highest BCUT2D eigenvalue weighted by molar-refractivity contribution is 5.76. The molecule has 0 radical (unpaired) electrons. The van der Waals surface area contributed by atoms with Crippen LogP contribution in [0.5, 0.6) is 0 Å². The third-order valence-electron chi connectivity index (χ3n) is 3.81. The van der Waals surface area contributed by atoms with Crippen LogP contribution in [0.3, 0.4) is 0 Å². The molecule has 1 aliphatic heterocycles. The van der Waals surface area contributed by atoms with Crippen molar-refractivity contribution < 1.29 is 9.53 Å². The highest BCUT2D eigenvalue weighted by atomic mass is 16.5. The third kappa shape index (κ3) is 4.64. The van der Waals surface area contributed by atoms with Crippen LogP contribution in [0, 0.1) is 0 Å². The molecule has 6 heteroatoms. The molecule has 1 aromatic carbocycles.